The molecule has 1 aromatic carbocycles. The van der Waals surface area contributed by atoms with Crippen LogP contribution in [0.5, 0.6) is 0 Å². The van der Waals surface area contributed by atoms with Crippen LogP contribution in [0.4, 0.5) is 10.8 Å². The van der Waals surface area contributed by atoms with Crippen molar-refractivity contribution in [1.29, 1.82) is 0 Å². The quantitative estimate of drug-likeness (QED) is 0.801. The minimum absolute atomic E-state index is 0.0413. The van der Waals surface area contributed by atoms with E-state index in [9.17, 15) is 9.59 Å². The summed E-state index contributed by atoms with van der Waals surface area (Å²) in [5.41, 5.74) is 1.86. The van der Waals surface area contributed by atoms with Crippen molar-refractivity contribution in [2.75, 3.05) is 36.4 Å². The Morgan fingerprint density at radius 1 is 1.28 bits per heavy atom. The molecule has 0 bridgehead atoms. The van der Waals surface area contributed by atoms with Gasteiger partial charge in [-0.05, 0) is 37.5 Å². The maximum absolute atomic E-state index is 12.7. The van der Waals surface area contributed by atoms with E-state index in [-0.39, 0.29) is 17.7 Å². The van der Waals surface area contributed by atoms with Crippen molar-refractivity contribution in [3.8, 4) is 0 Å². The van der Waals surface area contributed by atoms with Crippen LogP contribution in [0.2, 0.25) is 5.02 Å². The molecule has 2 amide bonds. The number of piperazine rings is 1. The Bertz CT molecular complexity index is 908. The maximum atomic E-state index is 12.7. The van der Waals surface area contributed by atoms with Gasteiger partial charge in [0.05, 0.1) is 5.69 Å². The third-order valence-corrected chi connectivity index (χ3v) is 7.01. The second kappa shape index (κ2) is 8.71. The van der Waals surface area contributed by atoms with Crippen molar-refractivity contribution in [2.45, 2.75) is 32.6 Å². The average Bonchev–Trinajstić information content (AvgIpc) is 3.16. The van der Waals surface area contributed by atoms with E-state index in [1.165, 1.54) is 4.88 Å². The highest BCUT2D eigenvalue weighted by Crippen LogP contribution is 2.35. The molecular formula is C21H25ClN4O2S. The Morgan fingerprint density at radius 3 is 2.79 bits per heavy atom. The van der Waals surface area contributed by atoms with Crippen LogP contribution < -0.4 is 10.2 Å². The third kappa shape index (κ3) is 4.56. The van der Waals surface area contributed by atoms with Gasteiger partial charge < -0.3 is 15.1 Å². The number of benzene rings is 1. The molecule has 0 unspecified atom stereocenters. The number of hydrogen-bond acceptors (Lipinski definition) is 5. The van der Waals surface area contributed by atoms with Crippen LogP contribution in [0.1, 0.15) is 30.3 Å². The summed E-state index contributed by atoms with van der Waals surface area (Å²) < 4.78 is 0. The molecule has 1 N–H and O–H groups in total. The maximum Gasteiger partial charge on any atom is 0.227 e. The van der Waals surface area contributed by atoms with Gasteiger partial charge in [-0.2, -0.15) is 0 Å². The first-order valence-electron chi connectivity index (χ1n) is 10.1. The number of thiazole rings is 1. The number of carbonyl (C=O) groups is 2. The molecule has 4 rings (SSSR count). The number of aryl methyl sites for hydroxylation is 1. The molecule has 1 aliphatic heterocycles. The van der Waals surface area contributed by atoms with Gasteiger partial charge in [0.2, 0.25) is 11.8 Å². The molecule has 154 valence electrons. The van der Waals surface area contributed by atoms with Crippen molar-refractivity contribution in [3.05, 3.63) is 39.9 Å². The van der Waals surface area contributed by atoms with Gasteiger partial charge >= 0.3 is 0 Å². The van der Waals surface area contributed by atoms with Gasteiger partial charge in [-0.15, -0.1) is 11.3 Å². The zero-order chi connectivity index (χ0) is 20.4. The van der Waals surface area contributed by atoms with Crippen LogP contribution in [0.25, 0.3) is 0 Å². The number of aromatic nitrogens is 1. The van der Waals surface area contributed by atoms with Crippen LogP contribution in [0.3, 0.4) is 0 Å². The fraction of sp³-hybridized carbons (Fsp3) is 0.476. The molecule has 2 heterocycles. The monoisotopic (exact) mass is 432 g/mol. The molecule has 1 aliphatic carbocycles. The topological polar surface area (TPSA) is 65.5 Å². The number of hydrogen-bond donors (Lipinski definition) is 1. The van der Waals surface area contributed by atoms with E-state index in [2.05, 4.69) is 10.2 Å². The minimum atomic E-state index is -0.0474. The predicted octanol–water partition coefficient (Wildman–Crippen LogP) is 3.60. The van der Waals surface area contributed by atoms with E-state index in [4.69, 9.17) is 16.6 Å². The van der Waals surface area contributed by atoms with Gasteiger partial charge in [0.1, 0.15) is 0 Å². The van der Waals surface area contributed by atoms with Crippen LogP contribution in [0, 0.1) is 5.92 Å². The number of fused-ring (bicyclic) bond motifs is 1. The lowest BCUT2D eigenvalue weighted by Gasteiger charge is -2.34. The molecule has 1 fully saturated rings. The Labute approximate surface area is 179 Å². The highest BCUT2D eigenvalue weighted by molar-refractivity contribution is 7.15. The number of carbonyl (C=O) groups excluding carboxylic acids is 2. The highest BCUT2D eigenvalue weighted by atomic mass is 35.5. The lowest BCUT2D eigenvalue weighted by atomic mass is 9.90. The van der Waals surface area contributed by atoms with Crippen LogP contribution >= 0.6 is 22.9 Å². The summed E-state index contributed by atoms with van der Waals surface area (Å²) in [5.74, 6) is 0.213. The molecule has 8 heteroatoms. The van der Waals surface area contributed by atoms with Crippen molar-refractivity contribution < 1.29 is 9.59 Å². The van der Waals surface area contributed by atoms with E-state index < -0.39 is 0 Å². The van der Waals surface area contributed by atoms with Gasteiger partial charge in [-0.25, -0.2) is 4.98 Å². The van der Waals surface area contributed by atoms with Crippen LogP contribution in [0.15, 0.2) is 24.3 Å². The number of nitrogens with one attached hydrogen (secondary N) is 1. The SMILES string of the molecule is CCC(=O)N1CCN(c2nc3c(s2)C[C@@H](C(=O)Nc2cccc(Cl)c2)CC3)CC1. The second-order valence-electron chi connectivity index (χ2n) is 7.53. The summed E-state index contributed by atoms with van der Waals surface area (Å²) in [4.78, 5) is 34.8. The molecule has 6 nitrogen and oxygen atoms in total. The molecule has 1 saturated heterocycles. The molecule has 1 aromatic heterocycles. The van der Waals surface area contributed by atoms with E-state index >= 15 is 0 Å². The van der Waals surface area contributed by atoms with Crippen molar-refractivity contribution in [1.82, 2.24) is 9.88 Å². The number of nitrogens with zero attached hydrogens (tertiary/aromatic N) is 3. The standard InChI is InChI=1S/C21H25ClN4O2S/c1-2-19(27)25-8-10-26(11-9-25)21-24-17-7-6-14(12-18(17)29-21)20(28)23-16-5-3-4-15(22)13-16/h3-5,13-14H,2,6-12H2,1H3,(H,23,28)/t14-/m0/s1. The molecule has 2 aromatic rings. The number of rotatable bonds is 4. The highest BCUT2D eigenvalue weighted by Gasteiger charge is 2.29. The molecular weight excluding hydrogens is 408 g/mol. The minimum Gasteiger partial charge on any atom is -0.345 e. The predicted molar refractivity (Wildman–Crippen MR) is 117 cm³/mol. The summed E-state index contributed by atoms with van der Waals surface area (Å²) in [6.45, 7) is 5.04. The molecule has 0 spiro atoms. The van der Waals surface area contributed by atoms with Gasteiger partial charge in [0.25, 0.3) is 0 Å². The largest absolute Gasteiger partial charge is 0.345 e. The van der Waals surface area contributed by atoms with Crippen LogP contribution in [-0.4, -0.2) is 47.9 Å². The fourth-order valence-corrected chi connectivity index (χ4v) is 5.33. The first kappa shape index (κ1) is 20.2. The second-order valence-corrected chi connectivity index (χ2v) is 9.03. The number of halogens is 1. The summed E-state index contributed by atoms with van der Waals surface area (Å²) in [7, 11) is 0. The Kier molecular flexibility index (Phi) is 6.06. The Balaban J connectivity index is 1.37. The summed E-state index contributed by atoms with van der Waals surface area (Å²) in [5, 5.41) is 4.62. The lowest BCUT2D eigenvalue weighted by molar-refractivity contribution is -0.131. The zero-order valence-corrected chi connectivity index (χ0v) is 18.1. The zero-order valence-electron chi connectivity index (χ0n) is 16.5. The van der Waals surface area contributed by atoms with Crippen molar-refractivity contribution in [2.24, 2.45) is 5.92 Å². The molecule has 29 heavy (non-hydrogen) atoms. The third-order valence-electron chi connectivity index (χ3n) is 5.60. The van der Waals surface area contributed by atoms with Gasteiger partial charge in [0, 0.05) is 54.1 Å². The smallest absolute Gasteiger partial charge is 0.227 e. The Hall–Kier alpha value is -2.12. The number of anilines is 2. The summed E-state index contributed by atoms with van der Waals surface area (Å²) >= 11 is 7.71. The van der Waals surface area contributed by atoms with Crippen LogP contribution in [-0.2, 0) is 22.4 Å². The molecule has 0 radical (unpaired) electrons. The fourth-order valence-electron chi connectivity index (χ4n) is 3.90. The normalized spacial score (nSPS) is 19.0. The molecule has 2 aliphatic rings. The van der Waals surface area contributed by atoms with E-state index in [0.717, 1.165) is 62.0 Å². The summed E-state index contributed by atoms with van der Waals surface area (Å²) in [6.07, 6.45) is 2.92. The van der Waals surface area contributed by atoms with E-state index in [0.29, 0.717) is 11.4 Å². The van der Waals surface area contributed by atoms with E-state index in [1.54, 1.807) is 23.5 Å². The van der Waals surface area contributed by atoms with Gasteiger partial charge in [-0.3, -0.25) is 9.59 Å². The average molecular weight is 433 g/mol. The first-order valence-corrected chi connectivity index (χ1v) is 11.3. The lowest BCUT2D eigenvalue weighted by Crippen LogP contribution is -2.48. The first-order chi connectivity index (χ1) is 14.0. The molecule has 0 saturated carbocycles. The van der Waals surface area contributed by atoms with Crippen molar-refractivity contribution in [3.63, 3.8) is 0 Å². The summed E-state index contributed by atoms with van der Waals surface area (Å²) in [6, 6.07) is 7.24. The van der Waals surface area contributed by atoms with Crippen molar-refractivity contribution >= 4 is 45.6 Å². The number of amides is 2. The Morgan fingerprint density at radius 2 is 2.07 bits per heavy atom. The van der Waals surface area contributed by atoms with Gasteiger partial charge in [0.15, 0.2) is 5.13 Å². The molecule has 1 atom stereocenters. The van der Waals surface area contributed by atoms with E-state index in [1.807, 2.05) is 24.0 Å². The van der Waals surface area contributed by atoms with Gasteiger partial charge in [-0.1, -0.05) is 24.6 Å².